The van der Waals surface area contributed by atoms with Crippen LogP contribution < -0.4 is 0 Å². The van der Waals surface area contributed by atoms with Crippen molar-refractivity contribution in [2.45, 2.75) is 124 Å². The van der Waals surface area contributed by atoms with Crippen molar-refractivity contribution in [3.63, 3.8) is 0 Å². The summed E-state index contributed by atoms with van der Waals surface area (Å²) in [6, 6.07) is 1.50. The standard InChI is InChI=1S/C36H39N3O6/c40-30-11-18-10-22(26-16-34(18,43-30)27-4-2-9-39(26)27)32-24-13-21(25-17-36(24,45-33(32)42)29-6-3-8-38(25)29)20-12-19-15-35(23(20)14-31(41)44-35)28-5-1-7-37(19)28/h11-12,14,19,21-22,25-29H,1-10,13,15-17H2. The van der Waals surface area contributed by atoms with Gasteiger partial charge in [0.1, 0.15) is 0 Å². The number of hydrogen-bond acceptors (Lipinski definition) is 9. The number of rotatable bonds is 2. The van der Waals surface area contributed by atoms with Gasteiger partial charge < -0.3 is 14.2 Å². The highest BCUT2D eigenvalue weighted by Gasteiger charge is 2.71. The Morgan fingerprint density at radius 1 is 0.667 bits per heavy atom. The molecule has 9 heteroatoms. The van der Waals surface area contributed by atoms with Gasteiger partial charge in [-0.3, -0.25) is 14.7 Å². The van der Waals surface area contributed by atoms with Gasteiger partial charge in [0.2, 0.25) is 0 Å². The predicted octanol–water partition coefficient (Wildman–Crippen LogP) is 2.71. The lowest BCUT2D eigenvalue weighted by Gasteiger charge is -2.42. The van der Waals surface area contributed by atoms with Crippen LogP contribution in [0.2, 0.25) is 0 Å². The zero-order chi connectivity index (χ0) is 29.6. The van der Waals surface area contributed by atoms with Crippen LogP contribution in [0.5, 0.6) is 0 Å². The summed E-state index contributed by atoms with van der Waals surface area (Å²) in [5.74, 6) is -0.300. The van der Waals surface area contributed by atoms with Crippen molar-refractivity contribution in [2.75, 3.05) is 19.6 Å². The number of hydrogen-bond donors (Lipinski definition) is 0. The summed E-state index contributed by atoms with van der Waals surface area (Å²) >= 11 is 0. The molecular formula is C36H39N3O6. The highest BCUT2D eigenvalue weighted by Crippen LogP contribution is 2.65. The molecule has 9 heterocycles. The van der Waals surface area contributed by atoms with Gasteiger partial charge in [-0.05, 0) is 87.7 Å². The number of nitrogens with zero attached hydrogens (tertiary/aromatic N) is 3. The third-order valence-electron chi connectivity index (χ3n) is 15.0. The van der Waals surface area contributed by atoms with Gasteiger partial charge in [-0.15, -0.1) is 0 Å². The molecule has 3 aliphatic carbocycles. The Hall–Kier alpha value is -2.75. The minimum atomic E-state index is -0.541. The number of carbonyl (C=O) groups excluding carboxylic acids is 3. The zero-order valence-corrected chi connectivity index (χ0v) is 25.5. The summed E-state index contributed by atoms with van der Waals surface area (Å²) in [6.07, 6.45) is 16.6. The van der Waals surface area contributed by atoms with Gasteiger partial charge in [0.05, 0.1) is 18.1 Å². The summed E-state index contributed by atoms with van der Waals surface area (Å²) in [5, 5.41) is 0. The Bertz CT molecular complexity index is 1680. The molecule has 45 heavy (non-hydrogen) atoms. The van der Waals surface area contributed by atoms with Crippen LogP contribution in [0.3, 0.4) is 0 Å². The summed E-state index contributed by atoms with van der Waals surface area (Å²) < 4.78 is 19.2. The van der Waals surface area contributed by atoms with Crippen molar-refractivity contribution in [1.82, 2.24) is 14.7 Å². The lowest BCUT2D eigenvalue weighted by atomic mass is 9.63. The third-order valence-corrected chi connectivity index (χ3v) is 15.0. The molecule has 9 aliphatic heterocycles. The highest BCUT2D eigenvalue weighted by atomic mass is 16.6. The Balaban J connectivity index is 1.02. The predicted molar refractivity (Wildman–Crippen MR) is 158 cm³/mol. The van der Waals surface area contributed by atoms with Gasteiger partial charge in [0.25, 0.3) is 0 Å². The number of esters is 3. The van der Waals surface area contributed by atoms with E-state index in [1.165, 1.54) is 11.1 Å². The van der Waals surface area contributed by atoms with Gasteiger partial charge >= 0.3 is 17.9 Å². The number of fused-ring (bicyclic) bond motifs is 9. The lowest BCUT2D eigenvalue weighted by Crippen LogP contribution is -2.46. The molecule has 234 valence electrons. The second-order valence-corrected chi connectivity index (χ2v) is 16.3. The fourth-order valence-corrected chi connectivity index (χ4v) is 13.8. The SMILES string of the molecule is O=C1C=C2C(C3CC4=C(C5CC6=CC(=O)OC67CC5N5CCCC57)C(=O)OC45CC3N3CCCC35)=CC3CC2(O1)C1CCCN31. The van der Waals surface area contributed by atoms with Crippen LogP contribution in [0.25, 0.3) is 0 Å². The van der Waals surface area contributed by atoms with Gasteiger partial charge in [-0.2, -0.15) is 0 Å². The normalized spacial score (nSPS) is 51.7. The molecule has 12 rings (SSSR count). The molecule has 0 radical (unpaired) electrons. The fourth-order valence-electron chi connectivity index (χ4n) is 13.8. The van der Waals surface area contributed by atoms with E-state index in [1.54, 1.807) is 6.08 Å². The topological polar surface area (TPSA) is 88.6 Å². The third kappa shape index (κ3) is 2.71. The first kappa shape index (κ1) is 25.4. The molecule has 6 saturated heterocycles. The van der Waals surface area contributed by atoms with E-state index in [4.69, 9.17) is 14.2 Å². The fraction of sp³-hybridized carbons (Fsp3) is 0.694. The molecule has 8 fully saturated rings. The summed E-state index contributed by atoms with van der Waals surface area (Å²) in [4.78, 5) is 48.0. The van der Waals surface area contributed by atoms with Gasteiger partial charge in [0.15, 0.2) is 16.8 Å². The smallest absolute Gasteiger partial charge is 0.335 e. The van der Waals surface area contributed by atoms with Crippen LogP contribution in [-0.4, -0.2) is 105 Å². The van der Waals surface area contributed by atoms with Crippen molar-refractivity contribution in [1.29, 1.82) is 0 Å². The molecule has 6 bridgehead atoms. The average molecular weight is 610 g/mol. The Morgan fingerprint density at radius 2 is 1.31 bits per heavy atom. The number of ether oxygens (including phenoxy) is 3. The summed E-state index contributed by atoms with van der Waals surface area (Å²) in [6.45, 7) is 3.10. The van der Waals surface area contributed by atoms with Crippen LogP contribution in [-0.2, 0) is 28.6 Å². The molecule has 0 aromatic rings. The first-order chi connectivity index (χ1) is 21.9. The molecule has 11 unspecified atom stereocenters. The van der Waals surface area contributed by atoms with E-state index in [-0.39, 0.29) is 60.0 Å². The second kappa shape index (κ2) is 7.85. The van der Waals surface area contributed by atoms with Crippen molar-refractivity contribution < 1.29 is 28.6 Å². The molecule has 2 saturated carbocycles. The maximum absolute atomic E-state index is 14.4. The molecule has 3 spiro atoms. The Kier molecular flexibility index (Phi) is 4.42. The molecule has 11 atom stereocenters. The van der Waals surface area contributed by atoms with Gasteiger partial charge in [-0.1, -0.05) is 6.08 Å². The van der Waals surface area contributed by atoms with E-state index in [0.717, 1.165) is 101 Å². The van der Waals surface area contributed by atoms with Gasteiger partial charge in [0, 0.05) is 72.5 Å². The molecule has 12 aliphatic rings. The van der Waals surface area contributed by atoms with E-state index >= 15 is 0 Å². The highest BCUT2D eigenvalue weighted by molar-refractivity contribution is 5.95. The molecule has 0 amide bonds. The maximum atomic E-state index is 14.4. The summed E-state index contributed by atoms with van der Waals surface area (Å²) in [5.41, 5.74) is 4.16. The van der Waals surface area contributed by atoms with Crippen molar-refractivity contribution >= 4 is 17.9 Å². The first-order valence-electron chi connectivity index (χ1n) is 17.8. The van der Waals surface area contributed by atoms with Crippen molar-refractivity contribution in [3.05, 3.63) is 46.1 Å². The largest absolute Gasteiger partial charge is 0.450 e. The van der Waals surface area contributed by atoms with Crippen LogP contribution in [0.1, 0.15) is 70.6 Å². The first-order valence-corrected chi connectivity index (χ1v) is 17.8. The Morgan fingerprint density at radius 3 is 2.11 bits per heavy atom. The molecule has 0 N–H and O–H groups in total. The number of carbonyl (C=O) groups is 3. The second-order valence-electron chi connectivity index (χ2n) is 16.3. The molecule has 9 nitrogen and oxygen atoms in total. The van der Waals surface area contributed by atoms with Crippen LogP contribution in [0.15, 0.2) is 46.1 Å². The zero-order valence-electron chi connectivity index (χ0n) is 25.5. The van der Waals surface area contributed by atoms with Gasteiger partial charge in [-0.25, -0.2) is 14.4 Å². The quantitative estimate of drug-likeness (QED) is 0.347. The van der Waals surface area contributed by atoms with E-state index in [2.05, 4.69) is 20.8 Å². The molecule has 0 aromatic carbocycles. The monoisotopic (exact) mass is 609 g/mol. The van der Waals surface area contributed by atoms with E-state index in [1.807, 2.05) is 6.08 Å². The van der Waals surface area contributed by atoms with Crippen LogP contribution in [0.4, 0.5) is 0 Å². The van der Waals surface area contributed by atoms with E-state index in [9.17, 15) is 14.4 Å². The van der Waals surface area contributed by atoms with E-state index < -0.39 is 16.8 Å². The maximum Gasteiger partial charge on any atom is 0.335 e. The van der Waals surface area contributed by atoms with Crippen LogP contribution in [0, 0.1) is 11.8 Å². The van der Waals surface area contributed by atoms with Crippen molar-refractivity contribution in [2.24, 2.45) is 11.8 Å². The van der Waals surface area contributed by atoms with E-state index in [0.29, 0.717) is 12.5 Å². The minimum absolute atomic E-state index is 0.0143. The Labute approximate surface area is 262 Å². The molecular weight excluding hydrogens is 570 g/mol. The lowest BCUT2D eigenvalue weighted by molar-refractivity contribution is -0.150. The van der Waals surface area contributed by atoms with Crippen LogP contribution >= 0.6 is 0 Å². The minimum Gasteiger partial charge on any atom is -0.450 e. The summed E-state index contributed by atoms with van der Waals surface area (Å²) in [7, 11) is 0. The van der Waals surface area contributed by atoms with Crippen molar-refractivity contribution in [3.8, 4) is 0 Å². The molecule has 0 aromatic heterocycles. The average Bonchev–Trinajstić information content (AvgIpc) is 3.85.